The SMILES string of the molecule is CCCc1cc2c(N)nc3cc(N4CCN(C(C)(C)C)CC4)ccc3c2o1. The van der Waals surface area contributed by atoms with Crippen LogP contribution in [0.1, 0.15) is 39.9 Å². The molecule has 1 saturated heterocycles. The summed E-state index contributed by atoms with van der Waals surface area (Å²) in [5, 5.41) is 1.97. The van der Waals surface area contributed by atoms with Crippen LogP contribution in [0, 0.1) is 0 Å². The zero-order valence-corrected chi connectivity index (χ0v) is 16.9. The maximum Gasteiger partial charge on any atom is 0.147 e. The van der Waals surface area contributed by atoms with E-state index in [0.717, 1.165) is 66.7 Å². The Morgan fingerprint density at radius 1 is 1.07 bits per heavy atom. The van der Waals surface area contributed by atoms with Crippen molar-refractivity contribution in [1.82, 2.24) is 9.88 Å². The maximum atomic E-state index is 6.24. The van der Waals surface area contributed by atoms with E-state index in [2.05, 4.69) is 60.7 Å². The van der Waals surface area contributed by atoms with Crippen molar-refractivity contribution in [1.29, 1.82) is 0 Å². The summed E-state index contributed by atoms with van der Waals surface area (Å²) in [6.45, 7) is 13.2. The van der Waals surface area contributed by atoms with E-state index in [0.29, 0.717) is 5.82 Å². The third-order valence-electron chi connectivity index (χ3n) is 5.62. The minimum absolute atomic E-state index is 0.229. The third-order valence-corrected chi connectivity index (χ3v) is 5.62. The lowest BCUT2D eigenvalue weighted by Crippen LogP contribution is -2.53. The normalized spacial score (nSPS) is 16.5. The van der Waals surface area contributed by atoms with Gasteiger partial charge in [-0.2, -0.15) is 0 Å². The molecule has 1 fully saturated rings. The molecule has 4 rings (SSSR count). The fourth-order valence-corrected chi connectivity index (χ4v) is 4.03. The van der Waals surface area contributed by atoms with Crippen molar-refractivity contribution in [2.24, 2.45) is 0 Å². The van der Waals surface area contributed by atoms with Crippen molar-refractivity contribution >= 4 is 33.4 Å². The second-order valence-corrected chi connectivity index (χ2v) is 8.55. The number of fused-ring (bicyclic) bond motifs is 3. The van der Waals surface area contributed by atoms with Gasteiger partial charge in [0.1, 0.15) is 17.2 Å². The highest BCUT2D eigenvalue weighted by molar-refractivity contribution is 6.07. The Kier molecular flexibility index (Phi) is 4.50. The van der Waals surface area contributed by atoms with Crippen molar-refractivity contribution in [2.75, 3.05) is 36.8 Å². The van der Waals surface area contributed by atoms with Gasteiger partial charge in [0, 0.05) is 49.2 Å². The molecule has 0 saturated carbocycles. The Balaban J connectivity index is 1.66. The largest absolute Gasteiger partial charge is 0.460 e. The molecule has 2 N–H and O–H groups in total. The first kappa shape index (κ1) is 18.1. The molecule has 3 heterocycles. The Labute approximate surface area is 161 Å². The smallest absolute Gasteiger partial charge is 0.147 e. The number of aromatic nitrogens is 1. The molecule has 3 aromatic rings. The Morgan fingerprint density at radius 2 is 1.81 bits per heavy atom. The number of nitrogen functional groups attached to an aromatic ring is 1. The van der Waals surface area contributed by atoms with Crippen LogP contribution < -0.4 is 10.6 Å². The Morgan fingerprint density at radius 3 is 2.48 bits per heavy atom. The monoisotopic (exact) mass is 366 g/mol. The number of pyridine rings is 1. The van der Waals surface area contributed by atoms with Crippen LogP contribution in [0.5, 0.6) is 0 Å². The third kappa shape index (κ3) is 3.36. The first-order valence-electron chi connectivity index (χ1n) is 9.98. The van der Waals surface area contributed by atoms with E-state index in [-0.39, 0.29) is 5.54 Å². The quantitative estimate of drug-likeness (QED) is 0.743. The zero-order chi connectivity index (χ0) is 19.2. The van der Waals surface area contributed by atoms with Gasteiger partial charge in [0.05, 0.1) is 10.9 Å². The lowest BCUT2D eigenvalue weighted by atomic mass is 10.0. The molecular formula is C22H30N4O. The molecule has 5 nitrogen and oxygen atoms in total. The van der Waals surface area contributed by atoms with Crippen LogP contribution in [0.3, 0.4) is 0 Å². The van der Waals surface area contributed by atoms with E-state index in [1.54, 1.807) is 0 Å². The van der Waals surface area contributed by atoms with Crippen LogP contribution in [0.25, 0.3) is 21.9 Å². The predicted molar refractivity (Wildman–Crippen MR) is 113 cm³/mol. The van der Waals surface area contributed by atoms with Crippen LogP contribution in [-0.2, 0) is 6.42 Å². The highest BCUT2D eigenvalue weighted by Crippen LogP contribution is 2.33. The molecule has 0 atom stereocenters. The second-order valence-electron chi connectivity index (χ2n) is 8.55. The molecule has 2 aromatic heterocycles. The van der Waals surface area contributed by atoms with Crippen LogP contribution in [0.15, 0.2) is 28.7 Å². The summed E-state index contributed by atoms with van der Waals surface area (Å²) in [6, 6.07) is 8.52. The zero-order valence-electron chi connectivity index (χ0n) is 16.9. The van der Waals surface area contributed by atoms with Crippen LogP contribution in [0.4, 0.5) is 11.5 Å². The molecule has 0 radical (unpaired) electrons. The van der Waals surface area contributed by atoms with Gasteiger partial charge in [-0.25, -0.2) is 4.98 Å². The van der Waals surface area contributed by atoms with Gasteiger partial charge in [-0.3, -0.25) is 4.90 Å². The van der Waals surface area contributed by atoms with Crippen molar-refractivity contribution in [3.8, 4) is 0 Å². The molecule has 5 heteroatoms. The Bertz CT molecular complexity index is 962. The first-order chi connectivity index (χ1) is 12.9. The van der Waals surface area contributed by atoms with Crippen molar-refractivity contribution in [3.63, 3.8) is 0 Å². The number of rotatable bonds is 3. The maximum absolute atomic E-state index is 6.24. The molecule has 1 aliphatic heterocycles. The van der Waals surface area contributed by atoms with Gasteiger partial charge in [0.15, 0.2) is 0 Å². The lowest BCUT2D eigenvalue weighted by molar-refractivity contribution is 0.128. The average Bonchev–Trinajstić information content (AvgIpc) is 3.06. The first-order valence-corrected chi connectivity index (χ1v) is 9.98. The number of aryl methyl sites for hydroxylation is 1. The number of anilines is 2. The van der Waals surface area contributed by atoms with E-state index in [1.807, 2.05) is 6.07 Å². The van der Waals surface area contributed by atoms with Crippen LogP contribution >= 0.6 is 0 Å². The number of hydrogen-bond donors (Lipinski definition) is 1. The van der Waals surface area contributed by atoms with Crippen LogP contribution in [-0.4, -0.2) is 41.6 Å². The van der Waals surface area contributed by atoms with Gasteiger partial charge in [-0.05, 0) is 51.5 Å². The molecule has 1 aliphatic rings. The fraction of sp³-hybridized carbons (Fsp3) is 0.500. The lowest BCUT2D eigenvalue weighted by Gasteiger charge is -2.43. The van der Waals surface area contributed by atoms with Crippen LogP contribution in [0.2, 0.25) is 0 Å². The molecule has 0 amide bonds. The summed E-state index contributed by atoms with van der Waals surface area (Å²) in [6.07, 6.45) is 1.97. The average molecular weight is 367 g/mol. The van der Waals surface area contributed by atoms with Crippen molar-refractivity contribution < 1.29 is 4.42 Å². The van der Waals surface area contributed by atoms with E-state index < -0.39 is 0 Å². The highest BCUT2D eigenvalue weighted by Gasteiger charge is 2.26. The second kappa shape index (κ2) is 6.71. The van der Waals surface area contributed by atoms with Gasteiger partial charge in [-0.15, -0.1) is 0 Å². The molecule has 0 bridgehead atoms. The fourth-order valence-electron chi connectivity index (χ4n) is 4.03. The molecule has 27 heavy (non-hydrogen) atoms. The molecular weight excluding hydrogens is 336 g/mol. The van der Waals surface area contributed by atoms with E-state index in [1.165, 1.54) is 5.69 Å². The van der Waals surface area contributed by atoms with Gasteiger partial charge in [0.25, 0.3) is 0 Å². The number of piperazine rings is 1. The van der Waals surface area contributed by atoms with Crippen molar-refractivity contribution in [3.05, 3.63) is 30.0 Å². The topological polar surface area (TPSA) is 58.5 Å². The van der Waals surface area contributed by atoms with Gasteiger partial charge < -0.3 is 15.1 Å². The summed E-state index contributed by atoms with van der Waals surface area (Å²) in [5.41, 5.74) is 9.45. The van der Waals surface area contributed by atoms with Crippen molar-refractivity contribution in [2.45, 2.75) is 46.1 Å². The van der Waals surface area contributed by atoms with Gasteiger partial charge in [0.2, 0.25) is 0 Å². The Hall–Kier alpha value is -2.27. The predicted octanol–water partition coefficient (Wildman–Crippen LogP) is 4.44. The minimum Gasteiger partial charge on any atom is -0.460 e. The molecule has 0 spiro atoms. The summed E-state index contributed by atoms with van der Waals surface area (Å²) in [7, 11) is 0. The van der Waals surface area contributed by atoms with E-state index >= 15 is 0 Å². The summed E-state index contributed by atoms with van der Waals surface area (Å²) < 4.78 is 6.10. The summed E-state index contributed by atoms with van der Waals surface area (Å²) in [4.78, 5) is 9.65. The highest BCUT2D eigenvalue weighted by atomic mass is 16.3. The summed E-state index contributed by atoms with van der Waals surface area (Å²) >= 11 is 0. The number of furan rings is 1. The number of hydrogen-bond acceptors (Lipinski definition) is 5. The molecule has 1 aromatic carbocycles. The molecule has 0 aliphatic carbocycles. The number of nitrogens with two attached hydrogens (primary N) is 1. The minimum atomic E-state index is 0.229. The standard InChI is InChI=1S/C22H30N4O/c1-5-6-16-14-18-20(27-16)17-8-7-15(13-19(17)24-21(18)23)25-9-11-26(12-10-25)22(2,3)4/h7-8,13-14H,5-6,9-12H2,1-4H3,(H2,23,24). The van der Waals surface area contributed by atoms with Gasteiger partial charge >= 0.3 is 0 Å². The number of benzene rings is 1. The van der Waals surface area contributed by atoms with Gasteiger partial charge in [-0.1, -0.05) is 6.92 Å². The van der Waals surface area contributed by atoms with E-state index in [4.69, 9.17) is 10.2 Å². The molecule has 0 unspecified atom stereocenters. The number of nitrogens with zero attached hydrogens (tertiary/aromatic N) is 3. The summed E-state index contributed by atoms with van der Waals surface area (Å²) in [5.74, 6) is 1.54. The van der Waals surface area contributed by atoms with E-state index in [9.17, 15) is 0 Å². The molecule has 144 valence electrons.